The molecule has 1 fully saturated rings. The predicted molar refractivity (Wildman–Crippen MR) is 102 cm³/mol. The number of pyridine rings is 1. The van der Waals surface area contributed by atoms with Crippen LogP contribution in [0.4, 0.5) is 0 Å². The molecule has 0 saturated carbocycles. The SMILES string of the molecule is O=C(NCc1ccc(Cl)c(Cl)c1)c1ccc2n(c1=O)C[C@@H]1CNC[C@H]2C1. The van der Waals surface area contributed by atoms with Gasteiger partial charge in [-0.05, 0) is 48.7 Å². The summed E-state index contributed by atoms with van der Waals surface area (Å²) in [6.07, 6.45) is 1.11. The summed E-state index contributed by atoms with van der Waals surface area (Å²) in [5.74, 6) is 0.433. The van der Waals surface area contributed by atoms with Crippen molar-refractivity contribution in [2.24, 2.45) is 5.92 Å². The van der Waals surface area contributed by atoms with Gasteiger partial charge in [-0.2, -0.15) is 0 Å². The quantitative estimate of drug-likeness (QED) is 0.845. The van der Waals surface area contributed by atoms with Gasteiger partial charge in [0.1, 0.15) is 5.56 Å². The minimum atomic E-state index is -0.370. The zero-order valence-electron chi connectivity index (χ0n) is 14.1. The van der Waals surface area contributed by atoms with Crippen LogP contribution in [-0.4, -0.2) is 23.6 Å². The molecule has 26 heavy (non-hydrogen) atoms. The number of hydrogen-bond acceptors (Lipinski definition) is 3. The zero-order valence-corrected chi connectivity index (χ0v) is 15.6. The number of fused-ring (bicyclic) bond motifs is 4. The van der Waals surface area contributed by atoms with E-state index in [0.29, 0.717) is 28.4 Å². The van der Waals surface area contributed by atoms with Crippen LogP contribution in [0.15, 0.2) is 35.1 Å². The second-order valence-corrected chi connectivity index (χ2v) is 7.79. The first-order valence-electron chi connectivity index (χ1n) is 8.69. The van der Waals surface area contributed by atoms with Crippen molar-refractivity contribution in [1.82, 2.24) is 15.2 Å². The molecule has 2 aliphatic heterocycles. The Labute approximate surface area is 161 Å². The summed E-state index contributed by atoms with van der Waals surface area (Å²) >= 11 is 11.9. The number of carbonyl (C=O) groups excluding carboxylic acids is 1. The Bertz CT molecular complexity index is 925. The lowest BCUT2D eigenvalue weighted by Crippen LogP contribution is -2.46. The topological polar surface area (TPSA) is 63.1 Å². The molecule has 7 heteroatoms. The predicted octanol–water partition coefficient (Wildman–Crippen LogP) is 2.79. The Hall–Kier alpha value is -1.82. The maximum Gasteiger partial charge on any atom is 0.263 e. The first kappa shape index (κ1) is 17.6. The van der Waals surface area contributed by atoms with Crippen molar-refractivity contribution in [3.63, 3.8) is 0 Å². The summed E-state index contributed by atoms with van der Waals surface area (Å²) in [4.78, 5) is 25.4. The molecule has 0 spiro atoms. The van der Waals surface area contributed by atoms with Crippen molar-refractivity contribution in [2.45, 2.75) is 25.4 Å². The van der Waals surface area contributed by atoms with Gasteiger partial charge in [0.05, 0.1) is 10.0 Å². The molecule has 2 atom stereocenters. The van der Waals surface area contributed by atoms with E-state index in [1.807, 2.05) is 6.07 Å². The number of carbonyl (C=O) groups is 1. The van der Waals surface area contributed by atoms with Gasteiger partial charge < -0.3 is 15.2 Å². The van der Waals surface area contributed by atoms with E-state index in [2.05, 4.69) is 10.6 Å². The molecule has 0 aliphatic carbocycles. The highest BCUT2D eigenvalue weighted by Gasteiger charge is 2.31. The fourth-order valence-corrected chi connectivity index (χ4v) is 4.21. The van der Waals surface area contributed by atoms with Crippen molar-refractivity contribution in [3.05, 3.63) is 67.6 Å². The van der Waals surface area contributed by atoms with Gasteiger partial charge in [-0.25, -0.2) is 0 Å². The molecule has 0 radical (unpaired) electrons. The fraction of sp³-hybridized carbons (Fsp3) is 0.368. The molecule has 2 N–H and O–H groups in total. The first-order valence-corrected chi connectivity index (χ1v) is 9.45. The molecule has 136 valence electrons. The average molecular weight is 392 g/mol. The Kier molecular flexibility index (Phi) is 4.78. The molecule has 2 aromatic rings. The van der Waals surface area contributed by atoms with Crippen LogP contribution >= 0.6 is 23.2 Å². The molecule has 4 rings (SSSR count). The van der Waals surface area contributed by atoms with E-state index < -0.39 is 0 Å². The first-order chi connectivity index (χ1) is 12.5. The van der Waals surface area contributed by atoms with Crippen molar-refractivity contribution in [2.75, 3.05) is 13.1 Å². The third-order valence-electron chi connectivity index (χ3n) is 5.19. The summed E-state index contributed by atoms with van der Waals surface area (Å²) in [5, 5.41) is 7.11. The number of nitrogens with one attached hydrogen (secondary N) is 2. The second-order valence-electron chi connectivity index (χ2n) is 6.98. The summed E-state index contributed by atoms with van der Waals surface area (Å²) < 4.78 is 1.79. The minimum absolute atomic E-state index is 0.182. The fourth-order valence-electron chi connectivity index (χ4n) is 3.89. The molecule has 5 nitrogen and oxygen atoms in total. The highest BCUT2D eigenvalue weighted by atomic mass is 35.5. The van der Waals surface area contributed by atoms with Crippen LogP contribution < -0.4 is 16.2 Å². The summed E-state index contributed by atoms with van der Waals surface area (Å²) in [6, 6.07) is 8.75. The Balaban J connectivity index is 1.54. The van der Waals surface area contributed by atoms with Crippen LogP contribution in [0.2, 0.25) is 10.0 Å². The highest BCUT2D eigenvalue weighted by molar-refractivity contribution is 6.42. The number of halogens is 2. The number of piperidine rings is 1. The molecule has 1 amide bonds. The number of rotatable bonds is 3. The van der Waals surface area contributed by atoms with Gasteiger partial charge in [0, 0.05) is 31.2 Å². The molecule has 1 aromatic heterocycles. The van der Waals surface area contributed by atoms with Crippen LogP contribution in [0.25, 0.3) is 0 Å². The van der Waals surface area contributed by atoms with Gasteiger partial charge in [0.25, 0.3) is 11.5 Å². The van der Waals surface area contributed by atoms with E-state index in [-0.39, 0.29) is 23.6 Å². The lowest BCUT2D eigenvalue weighted by atomic mass is 9.84. The Morgan fingerprint density at radius 2 is 2.04 bits per heavy atom. The van der Waals surface area contributed by atoms with E-state index in [1.165, 1.54) is 0 Å². The van der Waals surface area contributed by atoms with Gasteiger partial charge in [-0.1, -0.05) is 29.3 Å². The normalized spacial score (nSPS) is 21.2. The van der Waals surface area contributed by atoms with E-state index in [4.69, 9.17) is 23.2 Å². The van der Waals surface area contributed by atoms with Crippen LogP contribution in [0.1, 0.15) is 34.0 Å². The van der Waals surface area contributed by atoms with Gasteiger partial charge in [-0.3, -0.25) is 9.59 Å². The number of aromatic nitrogens is 1. The van der Waals surface area contributed by atoms with Crippen LogP contribution in [-0.2, 0) is 13.1 Å². The Morgan fingerprint density at radius 3 is 2.85 bits per heavy atom. The largest absolute Gasteiger partial charge is 0.348 e. The van der Waals surface area contributed by atoms with Gasteiger partial charge in [-0.15, -0.1) is 0 Å². The Morgan fingerprint density at radius 1 is 1.19 bits per heavy atom. The van der Waals surface area contributed by atoms with E-state index in [9.17, 15) is 9.59 Å². The van der Waals surface area contributed by atoms with Crippen molar-refractivity contribution < 1.29 is 4.79 Å². The molecule has 3 heterocycles. The van der Waals surface area contributed by atoms with Crippen molar-refractivity contribution in [1.29, 1.82) is 0 Å². The van der Waals surface area contributed by atoms with E-state index >= 15 is 0 Å². The van der Waals surface area contributed by atoms with Crippen LogP contribution in [0.5, 0.6) is 0 Å². The smallest absolute Gasteiger partial charge is 0.263 e. The standard InChI is InChI=1S/C19H19Cl2N3O2/c20-15-3-1-11(6-16(15)21)8-23-18(25)14-2-4-17-13-5-12(7-22-9-13)10-24(17)19(14)26/h1-4,6,12-13,22H,5,7-10H2,(H,23,25)/t12-,13+/m0/s1. The number of amides is 1. The van der Waals surface area contributed by atoms with Crippen molar-refractivity contribution in [3.8, 4) is 0 Å². The zero-order chi connectivity index (χ0) is 18.3. The van der Waals surface area contributed by atoms with E-state index in [0.717, 1.165) is 30.8 Å². The molecule has 2 bridgehead atoms. The van der Waals surface area contributed by atoms with E-state index in [1.54, 1.807) is 28.8 Å². The molecular weight excluding hydrogens is 373 g/mol. The summed E-state index contributed by atoms with van der Waals surface area (Å²) in [6.45, 7) is 2.77. The highest BCUT2D eigenvalue weighted by Crippen LogP contribution is 2.31. The minimum Gasteiger partial charge on any atom is -0.348 e. The van der Waals surface area contributed by atoms with Crippen LogP contribution in [0, 0.1) is 5.92 Å². The monoisotopic (exact) mass is 391 g/mol. The van der Waals surface area contributed by atoms with Gasteiger partial charge >= 0.3 is 0 Å². The lowest BCUT2D eigenvalue weighted by molar-refractivity contribution is 0.0948. The average Bonchev–Trinajstić information content (AvgIpc) is 2.64. The lowest BCUT2D eigenvalue weighted by Gasteiger charge is -2.37. The molecule has 1 saturated heterocycles. The van der Waals surface area contributed by atoms with Gasteiger partial charge in [0.15, 0.2) is 0 Å². The number of nitrogens with zero attached hydrogens (tertiary/aromatic N) is 1. The molecule has 0 unspecified atom stereocenters. The molecular formula is C19H19Cl2N3O2. The maximum absolute atomic E-state index is 12.8. The molecule has 1 aromatic carbocycles. The maximum atomic E-state index is 12.8. The third kappa shape index (κ3) is 3.27. The van der Waals surface area contributed by atoms with Gasteiger partial charge in [0.2, 0.25) is 0 Å². The molecule has 2 aliphatic rings. The number of benzene rings is 1. The summed E-state index contributed by atoms with van der Waals surface area (Å²) in [5.41, 5.74) is 1.83. The second kappa shape index (κ2) is 7.06. The van der Waals surface area contributed by atoms with Crippen LogP contribution in [0.3, 0.4) is 0 Å². The number of hydrogen-bond donors (Lipinski definition) is 2. The third-order valence-corrected chi connectivity index (χ3v) is 5.93. The van der Waals surface area contributed by atoms with Crippen molar-refractivity contribution >= 4 is 29.1 Å². The summed E-state index contributed by atoms with van der Waals surface area (Å²) in [7, 11) is 0.